The molecule has 0 aromatic heterocycles. The average molecular weight is 173 g/mol. The van der Waals surface area contributed by atoms with Crippen LogP contribution >= 0.6 is 0 Å². The summed E-state index contributed by atoms with van der Waals surface area (Å²) in [6.07, 6.45) is -0.611. The second-order valence-electron chi connectivity index (χ2n) is 3.33. The van der Waals surface area contributed by atoms with E-state index in [-0.39, 0.29) is 11.7 Å². The molecule has 1 unspecified atom stereocenters. The van der Waals surface area contributed by atoms with Crippen molar-refractivity contribution in [3.63, 3.8) is 0 Å². The van der Waals surface area contributed by atoms with Crippen LogP contribution in [0.1, 0.15) is 27.7 Å². The Morgan fingerprint density at radius 2 is 1.92 bits per heavy atom. The maximum atomic E-state index is 11.5. The molecule has 0 bridgehead atoms. The largest absolute Gasteiger partial charge is 0.391 e. The number of rotatable bonds is 5. The lowest BCUT2D eigenvalue weighted by Gasteiger charge is -2.21. The molecule has 0 rings (SSSR count). The monoisotopic (exact) mass is 173 g/mol. The second-order valence-corrected chi connectivity index (χ2v) is 3.33. The van der Waals surface area contributed by atoms with Gasteiger partial charge in [0.25, 0.3) is 0 Å². The minimum absolute atomic E-state index is 0.0244. The second kappa shape index (κ2) is 5.27. The molecular weight excluding hydrogens is 154 g/mol. The highest BCUT2D eigenvalue weighted by atomic mass is 16.3. The lowest BCUT2D eigenvalue weighted by Crippen LogP contribution is -2.46. The Hall–Kier alpha value is -0.410. The quantitative estimate of drug-likeness (QED) is 0.639. The van der Waals surface area contributed by atoms with Gasteiger partial charge in [0.2, 0.25) is 0 Å². The van der Waals surface area contributed by atoms with Crippen molar-refractivity contribution in [3.05, 3.63) is 0 Å². The number of carbonyl (C=O) groups excluding carboxylic acids is 1. The first-order valence-corrected chi connectivity index (χ1v) is 4.45. The van der Waals surface area contributed by atoms with Crippen LogP contribution in [0.2, 0.25) is 0 Å². The van der Waals surface area contributed by atoms with E-state index in [0.29, 0.717) is 6.54 Å². The van der Waals surface area contributed by atoms with Gasteiger partial charge in [-0.05, 0) is 13.5 Å². The van der Waals surface area contributed by atoms with Gasteiger partial charge in [0.15, 0.2) is 5.78 Å². The predicted molar refractivity (Wildman–Crippen MR) is 49.0 cm³/mol. The van der Waals surface area contributed by atoms with Crippen LogP contribution in [0.3, 0.4) is 0 Å². The standard InChI is InChI=1S/C9H19NO2/c1-5-10-8(7(4)11)9(12)6(2)3/h6-8,10-11H,5H2,1-4H3/t7?,8-/m0/s1. The maximum absolute atomic E-state index is 11.5. The first-order chi connectivity index (χ1) is 5.50. The van der Waals surface area contributed by atoms with Crippen molar-refractivity contribution in [1.29, 1.82) is 0 Å². The molecule has 0 spiro atoms. The third-order valence-electron chi connectivity index (χ3n) is 1.78. The number of carbonyl (C=O) groups is 1. The molecule has 2 N–H and O–H groups in total. The van der Waals surface area contributed by atoms with E-state index in [0.717, 1.165) is 0 Å². The van der Waals surface area contributed by atoms with Gasteiger partial charge in [-0.15, -0.1) is 0 Å². The van der Waals surface area contributed by atoms with Gasteiger partial charge in [-0.3, -0.25) is 4.79 Å². The summed E-state index contributed by atoms with van der Waals surface area (Å²) in [6.45, 7) is 7.94. The normalized spacial score (nSPS) is 16.2. The fourth-order valence-electron chi connectivity index (χ4n) is 1.09. The topological polar surface area (TPSA) is 49.3 Å². The number of Topliss-reactive ketones (excluding diaryl/α,β-unsaturated/α-hetero) is 1. The molecule has 0 radical (unpaired) electrons. The zero-order valence-corrected chi connectivity index (χ0v) is 8.29. The minimum Gasteiger partial charge on any atom is -0.391 e. The highest BCUT2D eigenvalue weighted by Gasteiger charge is 2.24. The molecule has 0 heterocycles. The SMILES string of the molecule is CCN[C@H](C(=O)C(C)C)C(C)O. The summed E-state index contributed by atoms with van der Waals surface area (Å²) < 4.78 is 0. The van der Waals surface area contributed by atoms with E-state index >= 15 is 0 Å². The van der Waals surface area contributed by atoms with Crippen molar-refractivity contribution in [2.24, 2.45) is 5.92 Å². The Morgan fingerprint density at radius 1 is 1.42 bits per heavy atom. The first kappa shape index (κ1) is 11.6. The smallest absolute Gasteiger partial charge is 0.154 e. The van der Waals surface area contributed by atoms with Gasteiger partial charge >= 0.3 is 0 Å². The van der Waals surface area contributed by atoms with Crippen LogP contribution in [0.25, 0.3) is 0 Å². The Labute approximate surface area is 74.2 Å². The number of hydrogen-bond acceptors (Lipinski definition) is 3. The van der Waals surface area contributed by atoms with Crippen LogP contribution in [0.5, 0.6) is 0 Å². The minimum atomic E-state index is -0.611. The lowest BCUT2D eigenvalue weighted by molar-refractivity contribution is -0.126. The Kier molecular flexibility index (Phi) is 5.09. The molecule has 0 aliphatic carbocycles. The van der Waals surface area contributed by atoms with Crippen molar-refractivity contribution in [2.45, 2.75) is 39.8 Å². The summed E-state index contributed by atoms with van der Waals surface area (Å²) in [5.74, 6) is 0.0514. The molecule has 3 heteroatoms. The van der Waals surface area contributed by atoms with Gasteiger partial charge in [-0.1, -0.05) is 20.8 Å². The zero-order valence-electron chi connectivity index (χ0n) is 8.29. The average Bonchev–Trinajstić information content (AvgIpc) is 1.98. The van der Waals surface area contributed by atoms with Gasteiger partial charge in [-0.2, -0.15) is 0 Å². The molecule has 12 heavy (non-hydrogen) atoms. The van der Waals surface area contributed by atoms with Crippen LogP contribution in [0, 0.1) is 5.92 Å². The molecule has 0 aliphatic heterocycles. The Balaban J connectivity index is 4.19. The number of aliphatic hydroxyl groups excluding tert-OH is 1. The fourth-order valence-corrected chi connectivity index (χ4v) is 1.09. The zero-order chi connectivity index (χ0) is 9.72. The summed E-state index contributed by atoms with van der Waals surface area (Å²) in [7, 11) is 0. The summed E-state index contributed by atoms with van der Waals surface area (Å²) in [6, 6.07) is -0.407. The number of hydrogen-bond donors (Lipinski definition) is 2. The molecule has 0 saturated carbocycles. The van der Waals surface area contributed by atoms with E-state index < -0.39 is 12.1 Å². The van der Waals surface area contributed by atoms with Crippen molar-refractivity contribution >= 4 is 5.78 Å². The number of aliphatic hydroxyl groups is 1. The molecule has 0 aliphatic rings. The Morgan fingerprint density at radius 3 is 2.17 bits per heavy atom. The lowest BCUT2D eigenvalue weighted by atomic mass is 9.98. The van der Waals surface area contributed by atoms with E-state index in [2.05, 4.69) is 5.32 Å². The predicted octanol–water partition coefficient (Wildman–Crippen LogP) is 0.570. The summed E-state index contributed by atoms with van der Waals surface area (Å²) in [5.41, 5.74) is 0. The maximum Gasteiger partial charge on any atom is 0.154 e. The summed E-state index contributed by atoms with van der Waals surface area (Å²) in [5, 5.41) is 12.2. The molecular formula is C9H19NO2. The van der Waals surface area contributed by atoms with Crippen LogP contribution in [-0.2, 0) is 4.79 Å². The van der Waals surface area contributed by atoms with Gasteiger partial charge in [0.1, 0.15) is 0 Å². The van der Waals surface area contributed by atoms with Gasteiger partial charge < -0.3 is 10.4 Å². The third kappa shape index (κ3) is 3.32. The highest BCUT2D eigenvalue weighted by molar-refractivity contribution is 5.86. The molecule has 3 nitrogen and oxygen atoms in total. The summed E-state index contributed by atoms with van der Waals surface area (Å²) >= 11 is 0. The third-order valence-corrected chi connectivity index (χ3v) is 1.78. The van der Waals surface area contributed by atoms with Crippen LogP contribution in [-0.4, -0.2) is 29.6 Å². The van der Waals surface area contributed by atoms with Crippen molar-refractivity contribution < 1.29 is 9.90 Å². The van der Waals surface area contributed by atoms with E-state index in [1.165, 1.54) is 0 Å². The molecule has 0 aromatic rings. The van der Waals surface area contributed by atoms with E-state index in [1.54, 1.807) is 6.92 Å². The number of nitrogens with one attached hydrogen (secondary N) is 1. The molecule has 0 fully saturated rings. The number of ketones is 1. The molecule has 72 valence electrons. The summed E-state index contributed by atoms with van der Waals surface area (Å²) in [4.78, 5) is 11.5. The van der Waals surface area contributed by atoms with Gasteiger partial charge in [0.05, 0.1) is 12.1 Å². The van der Waals surface area contributed by atoms with E-state index in [1.807, 2.05) is 20.8 Å². The van der Waals surface area contributed by atoms with Crippen molar-refractivity contribution in [1.82, 2.24) is 5.32 Å². The first-order valence-electron chi connectivity index (χ1n) is 4.45. The molecule has 2 atom stereocenters. The van der Waals surface area contributed by atoms with Gasteiger partial charge in [0, 0.05) is 5.92 Å². The van der Waals surface area contributed by atoms with Crippen molar-refractivity contribution in [2.75, 3.05) is 6.54 Å². The van der Waals surface area contributed by atoms with Gasteiger partial charge in [-0.25, -0.2) is 0 Å². The molecule has 0 aromatic carbocycles. The highest BCUT2D eigenvalue weighted by Crippen LogP contribution is 2.03. The fraction of sp³-hybridized carbons (Fsp3) is 0.889. The van der Waals surface area contributed by atoms with Crippen LogP contribution in [0.4, 0.5) is 0 Å². The van der Waals surface area contributed by atoms with Crippen molar-refractivity contribution in [3.8, 4) is 0 Å². The number of likely N-dealkylation sites (N-methyl/N-ethyl adjacent to an activating group) is 1. The molecule has 0 amide bonds. The van der Waals surface area contributed by atoms with Crippen LogP contribution < -0.4 is 5.32 Å². The van der Waals surface area contributed by atoms with Crippen LogP contribution in [0.15, 0.2) is 0 Å². The Bertz CT molecular complexity index is 143. The van der Waals surface area contributed by atoms with E-state index in [4.69, 9.17) is 0 Å². The van der Waals surface area contributed by atoms with E-state index in [9.17, 15) is 9.90 Å². The molecule has 0 saturated heterocycles.